The Morgan fingerprint density at radius 3 is 2.00 bits per heavy atom. The highest BCUT2D eigenvalue weighted by atomic mass is 32.2. The van der Waals surface area contributed by atoms with Crippen LogP contribution in [0.5, 0.6) is 0 Å². The van der Waals surface area contributed by atoms with Crippen molar-refractivity contribution in [2.24, 2.45) is 0 Å². The summed E-state index contributed by atoms with van der Waals surface area (Å²) in [5.41, 5.74) is 2.76. The van der Waals surface area contributed by atoms with Gasteiger partial charge in [-0.15, -0.1) is 0 Å². The molecule has 10 nitrogen and oxygen atoms in total. The highest BCUT2D eigenvalue weighted by Crippen LogP contribution is 2.10. The number of carbonyl (C=O) groups excluding carboxylic acids is 2. The smallest absolute Gasteiger partial charge is 0.318 e. The number of hydrogen-bond donors (Lipinski definition) is 3. The maximum atomic E-state index is 13.7. The number of nitrogens with zero attached hydrogens (tertiary/aromatic N) is 2. The number of likely N-dealkylation sites (N-methyl/N-ethyl adjacent to an activating group) is 1. The molecule has 3 amide bonds. The summed E-state index contributed by atoms with van der Waals surface area (Å²) in [5.74, 6) is -0.398. The first-order chi connectivity index (χ1) is 21.3. The lowest BCUT2D eigenvalue weighted by Crippen LogP contribution is -2.56. The fraction of sp³-hybridized carbons (Fsp3) is 0.333. The van der Waals surface area contributed by atoms with Crippen LogP contribution in [-0.2, 0) is 39.1 Å². The molecule has 0 bridgehead atoms. The van der Waals surface area contributed by atoms with Gasteiger partial charge in [0.2, 0.25) is 5.91 Å². The molecule has 0 saturated carbocycles. The molecule has 4 rings (SSSR count). The van der Waals surface area contributed by atoms with Crippen LogP contribution in [0.2, 0.25) is 0 Å². The van der Waals surface area contributed by atoms with Crippen LogP contribution in [0.3, 0.4) is 0 Å². The van der Waals surface area contributed by atoms with Crippen LogP contribution in [0.1, 0.15) is 23.1 Å². The Morgan fingerprint density at radius 1 is 0.818 bits per heavy atom. The first-order valence-electron chi connectivity index (χ1n) is 14.8. The molecule has 234 valence electrons. The molecule has 0 spiro atoms. The van der Waals surface area contributed by atoms with E-state index in [0.29, 0.717) is 25.9 Å². The lowest BCUT2D eigenvalue weighted by molar-refractivity contribution is -0.123. The van der Waals surface area contributed by atoms with E-state index < -0.39 is 28.0 Å². The van der Waals surface area contributed by atoms with Gasteiger partial charge in [0.05, 0.1) is 6.61 Å². The van der Waals surface area contributed by atoms with E-state index in [1.165, 1.54) is 6.08 Å². The van der Waals surface area contributed by atoms with Crippen LogP contribution >= 0.6 is 0 Å². The first-order valence-corrected chi connectivity index (χ1v) is 16.3. The van der Waals surface area contributed by atoms with E-state index >= 15 is 0 Å². The molecule has 1 saturated heterocycles. The third kappa shape index (κ3) is 11.2. The monoisotopic (exact) mass is 619 g/mol. The molecule has 1 aliphatic heterocycles. The molecule has 0 radical (unpaired) electrons. The van der Waals surface area contributed by atoms with Gasteiger partial charge in [0.25, 0.3) is 10.0 Å². The van der Waals surface area contributed by atoms with Crippen LogP contribution in [0.15, 0.2) is 102 Å². The lowest BCUT2D eigenvalue weighted by atomic mass is 10.0. The van der Waals surface area contributed by atoms with Gasteiger partial charge in [0.15, 0.2) is 0 Å². The fourth-order valence-corrected chi connectivity index (χ4v) is 5.45. The quantitative estimate of drug-likeness (QED) is 0.239. The van der Waals surface area contributed by atoms with Crippen molar-refractivity contribution in [2.45, 2.75) is 38.0 Å². The van der Waals surface area contributed by atoms with Crippen LogP contribution in [0.25, 0.3) is 0 Å². The number of urea groups is 1. The van der Waals surface area contributed by atoms with Gasteiger partial charge in [-0.25, -0.2) is 13.2 Å². The van der Waals surface area contributed by atoms with E-state index in [0.717, 1.165) is 35.2 Å². The minimum atomic E-state index is -3.96. The van der Waals surface area contributed by atoms with Gasteiger partial charge >= 0.3 is 6.03 Å². The molecule has 11 heteroatoms. The summed E-state index contributed by atoms with van der Waals surface area (Å²) in [6.45, 7) is 2.72. The summed E-state index contributed by atoms with van der Waals surface area (Å²) in [5, 5.41) is 6.91. The second kappa shape index (κ2) is 16.7. The molecule has 3 aromatic carbocycles. The number of hydrogen-bond acceptors (Lipinski definition) is 6. The number of nitrogens with one attached hydrogen (secondary N) is 3. The van der Waals surface area contributed by atoms with Crippen LogP contribution in [0, 0.1) is 0 Å². The summed E-state index contributed by atoms with van der Waals surface area (Å²) in [6, 6.07) is 26.6. The van der Waals surface area contributed by atoms with E-state index in [-0.39, 0.29) is 19.1 Å². The van der Waals surface area contributed by atoms with Crippen molar-refractivity contribution >= 4 is 22.0 Å². The van der Waals surface area contributed by atoms with E-state index in [2.05, 4.69) is 20.4 Å². The molecule has 3 N–H and O–H groups in total. The van der Waals surface area contributed by atoms with Crippen LogP contribution in [0.4, 0.5) is 4.79 Å². The number of piperazine rings is 1. The maximum Gasteiger partial charge on any atom is 0.318 e. The normalized spacial score (nSPS) is 15.5. The topological polar surface area (TPSA) is 120 Å². The van der Waals surface area contributed by atoms with E-state index in [1.807, 2.05) is 98.0 Å². The van der Waals surface area contributed by atoms with E-state index in [1.54, 1.807) is 4.90 Å². The van der Waals surface area contributed by atoms with Gasteiger partial charge in [-0.2, -0.15) is 0 Å². The average Bonchev–Trinajstić information content (AvgIpc) is 3.03. The van der Waals surface area contributed by atoms with Gasteiger partial charge in [0, 0.05) is 44.0 Å². The SMILES string of the molecule is CN1CCN(C(=O)N[C@@H](Cc2ccccc2)C(=O)N[C@H](/C=C/S(=O)(=O)NOCc2ccccc2)CCc2ccccc2)CC1. The van der Waals surface area contributed by atoms with Gasteiger partial charge < -0.3 is 20.4 Å². The Balaban J connectivity index is 1.46. The van der Waals surface area contributed by atoms with Crippen molar-refractivity contribution in [3.8, 4) is 0 Å². The Bertz CT molecular complexity index is 1450. The molecule has 1 fully saturated rings. The number of carbonyl (C=O) groups is 2. The number of benzene rings is 3. The lowest BCUT2D eigenvalue weighted by Gasteiger charge is -2.33. The van der Waals surface area contributed by atoms with Gasteiger partial charge in [0.1, 0.15) is 6.04 Å². The average molecular weight is 620 g/mol. The Kier molecular flexibility index (Phi) is 12.5. The summed E-state index contributed by atoms with van der Waals surface area (Å²) in [6.07, 6.45) is 2.77. The van der Waals surface area contributed by atoms with Crippen LogP contribution < -0.4 is 15.5 Å². The summed E-state index contributed by atoms with van der Waals surface area (Å²) in [4.78, 5) is 38.1. The highest BCUT2D eigenvalue weighted by molar-refractivity contribution is 7.92. The number of aryl methyl sites for hydroxylation is 1. The number of rotatable bonds is 14. The van der Waals surface area contributed by atoms with Crippen molar-refractivity contribution < 1.29 is 22.8 Å². The summed E-state index contributed by atoms with van der Waals surface area (Å²) < 4.78 is 25.4. The predicted octanol–water partition coefficient (Wildman–Crippen LogP) is 3.24. The Hall–Kier alpha value is -4.03. The second-order valence-electron chi connectivity index (χ2n) is 10.9. The molecule has 0 aliphatic carbocycles. The third-order valence-corrected chi connectivity index (χ3v) is 8.21. The Labute approximate surface area is 260 Å². The fourth-order valence-electron chi connectivity index (χ4n) is 4.77. The zero-order valence-electron chi connectivity index (χ0n) is 25.0. The van der Waals surface area contributed by atoms with Crippen LogP contribution in [-0.4, -0.2) is 75.5 Å². The highest BCUT2D eigenvalue weighted by Gasteiger charge is 2.27. The second-order valence-corrected chi connectivity index (χ2v) is 12.4. The van der Waals surface area contributed by atoms with Crippen molar-refractivity contribution in [1.29, 1.82) is 0 Å². The zero-order valence-corrected chi connectivity index (χ0v) is 25.8. The van der Waals surface area contributed by atoms with E-state index in [9.17, 15) is 18.0 Å². The Morgan fingerprint density at radius 2 is 1.39 bits per heavy atom. The first kappa shape index (κ1) is 32.9. The number of amides is 3. The van der Waals surface area contributed by atoms with Gasteiger partial charge in [-0.1, -0.05) is 95.9 Å². The van der Waals surface area contributed by atoms with Gasteiger partial charge in [-0.05, 0) is 42.7 Å². The molecule has 44 heavy (non-hydrogen) atoms. The molecular formula is C33H41N5O5S. The zero-order chi connectivity index (χ0) is 31.2. The predicted molar refractivity (Wildman–Crippen MR) is 171 cm³/mol. The molecular weight excluding hydrogens is 578 g/mol. The number of sulfonamides is 1. The summed E-state index contributed by atoms with van der Waals surface area (Å²) >= 11 is 0. The molecule has 1 aliphatic rings. The van der Waals surface area contributed by atoms with Crippen molar-refractivity contribution in [1.82, 2.24) is 25.3 Å². The third-order valence-electron chi connectivity index (χ3n) is 7.35. The maximum absolute atomic E-state index is 13.7. The minimum Gasteiger partial charge on any atom is -0.348 e. The molecule has 3 aromatic rings. The standard InChI is InChI=1S/C33H41N5O5S/c1-37-20-22-38(23-21-37)33(40)35-31(25-28-13-7-3-8-14-28)32(39)34-30(18-17-27-11-5-2-6-12-27)19-24-44(41,42)36-43-26-29-15-9-4-10-16-29/h2-16,19,24,30-31,36H,17-18,20-23,25-26H2,1H3,(H,34,39)(H,35,40)/b24-19+/t30-,31-/m0/s1. The van der Waals surface area contributed by atoms with Crippen molar-refractivity contribution in [3.63, 3.8) is 0 Å². The summed E-state index contributed by atoms with van der Waals surface area (Å²) in [7, 11) is -1.95. The van der Waals surface area contributed by atoms with Gasteiger partial charge in [-0.3, -0.25) is 9.63 Å². The van der Waals surface area contributed by atoms with Crippen molar-refractivity contribution in [3.05, 3.63) is 119 Å². The van der Waals surface area contributed by atoms with Crippen molar-refractivity contribution in [2.75, 3.05) is 33.2 Å². The molecule has 0 unspecified atom stereocenters. The molecule has 0 aromatic heterocycles. The largest absolute Gasteiger partial charge is 0.348 e. The molecule has 2 atom stereocenters. The minimum absolute atomic E-state index is 0.0657. The molecule has 1 heterocycles. The van der Waals surface area contributed by atoms with E-state index in [4.69, 9.17) is 4.84 Å².